The van der Waals surface area contributed by atoms with Crippen molar-refractivity contribution >= 4 is 23.5 Å². The van der Waals surface area contributed by atoms with E-state index in [9.17, 15) is 14.4 Å². The van der Waals surface area contributed by atoms with E-state index in [0.29, 0.717) is 11.3 Å². The van der Waals surface area contributed by atoms with Crippen LogP contribution in [0.15, 0.2) is 54.6 Å². The Hall–Kier alpha value is -3.15. The molecule has 0 atom stereocenters. The lowest BCUT2D eigenvalue weighted by atomic mass is 10.1. The Morgan fingerprint density at radius 3 is 2.44 bits per heavy atom. The van der Waals surface area contributed by atoms with Gasteiger partial charge in [0.15, 0.2) is 0 Å². The van der Waals surface area contributed by atoms with Crippen LogP contribution in [0.25, 0.3) is 0 Å². The zero-order chi connectivity index (χ0) is 18.1. The maximum atomic E-state index is 11.9. The van der Waals surface area contributed by atoms with Crippen LogP contribution in [-0.4, -0.2) is 31.4 Å². The second kappa shape index (κ2) is 9.22. The minimum absolute atomic E-state index is 0.133. The van der Waals surface area contributed by atoms with Crippen LogP contribution in [0.1, 0.15) is 22.3 Å². The highest BCUT2D eigenvalue weighted by atomic mass is 16.5. The van der Waals surface area contributed by atoms with E-state index in [1.165, 1.54) is 13.2 Å². The Bertz CT molecular complexity index is 744. The molecule has 0 heterocycles. The molecule has 0 aliphatic heterocycles. The maximum Gasteiger partial charge on any atom is 0.337 e. The standard InChI is InChI=1S/C19H20N2O4/c1-25-19(24)15-8-5-9-16(13-15)21-17(22)10-11-20-18(23)12-14-6-3-2-4-7-14/h2-9,13H,10-12H2,1H3,(H,20,23)(H,21,22). The number of rotatable bonds is 7. The van der Waals surface area contributed by atoms with Crippen molar-refractivity contribution in [2.75, 3.05) is 19.0 Å². The average molecular weight is 340 g/mol. The Kier molecular flexibility index (Phi) is 6.71. The molecule has 0 aromatic heterocycles. The van der Waals surface area contributed by atoms with E-state index < -0.39 is 5.97 Å². The zero-order valence-corrected chi connectivity index (χ0v) is 14.0. The van der Waals surface area contributed by atoms with Gasteiger partial charge < -0.3 is 15.4 Å². The SMILES string of the molecule is COC(=O)c1cccc(NC(=O)CCNC(=O)Cc2ccccc2)c1. The third-order valence-corrected chi connectivity index (χ3v) is 3.45. The molecule has 2 N–H and O–H groups in total. The number of carbonyl (C=O) groups is 3. The number of esters is 1. The molecule has 0 saturated carbocycles. The van der Waals surface area contributed by atoms with Crippen LogP contribution in [0.3, 0.4) is 0 Å². The lowest BCUT2D eigenvalue weighted by Crippen LogP contribution is -2.28. The van der Waals surface area contributed by atoms with Crippen LogP contribution in [0.5, 0.6) is 0 Å². The van der Waals surface area contributed by atoms with Crippen molar-refractivity contribution in [2.45, 2.75) is 12.8 Å². The van der Waals surface area contributed by atoms with E-state index in [1.54, 1.807) is 18.2 Å². The van der Waals surface area contributed by atoms with E-state index in [2.05, 4.69) is 15.4 Å². The molecule has 25 heavy (non-hydrogen) atoms. The molecular weight excluding hydrogens is 320 g/mol. The molecular formula is C19H20N2O4. The fourth-order valence-corrected chi connectivity index (χ4v) is 2.22. The highest BCUT2D eigenvalue weighted by Crippen LogP contribution is 2.11. The molecule has 0 aliphatic rings. The summed E-state index contributed by atoms with van der Waals surface area (Å²) in [5.74, 6) is -0.849. The summed E-state index contributed by atoms with van der Waals surface area (Å²) in [6, 6.07) is 15.9. The van der Waals surface area contributed by atoms with Crippen LogP contribution in [-0.2, 0) is 20.7 Å². The molecule has 0 unspecified atom stereocenters. The summed E-state index contributed by atoms with van der Waals surface area (Å²) < 4.78 is 4.64. The molecule has 2 aromatic rings. The third-order valence-electron chi connectivity index (χ3n) is 3.45. The van der Waals surface area contributed by atoms with Crippen LogP contribution in [0.2, 0.25) is 0 Å². The van der Waals surface area contributed by atoms with E-state index in [4.69, 9.17) is 0 Å². The number of carbonyl (C=O) groups excluding carboxylic acids is 3. The van der Waals surface area contributed by atoms with E-state index in [-0.39, 0.29) is 31.2 Å². The molecule has 0 saturated heterocycles. The van der Waals surface area contributed by atoms with Crippen molar-refractivity contribution in [2.24, 2.45) is 0 Å². The van der Waals surface area contributed by atoms with Gasteiger partial charge in [-0.15, -0.1) is 0 Å². The van der Waals surface area contributed by atoms with Crippen LogP contribution in [0, 0.1) is 0 Å². The molecule has 0 spiro atoms. The Morgan fingerprint density at radius 1 is 0.960 bits per heavy atom. The number of amides is 2. The topological polar surface area (TPSA) is 84.5 Å². The summed E-state index contributed by atoms with van der Waals surface area (Å²) >= 11 is 0. The first-order valence-electron chi connectivity index (χ1n) is 7.87. The molecule has 2 aromatic carbocycles. The highest BCUT2D eigenvalue weighted by molar-refractivity contribution is 5.94. The Morgan fingerprint density at radius 2 is 1.72 bits per heavy atom. The number of methoxy groups -OCH3 is 1. The van der Waals surface area contributed by atoms with Gasteiger partial charge in [0.25, 0.3) is 0 Å². The lowest BCUT2D eigenvalue weighted by Gasteiger charge is -2.08. The average Bonchev–Trinajstić information content (AvgIpc) is 2.62. The molecule has 0 aliphatic carbocycles. The summed E-state index contributed by atoms with van der Waals surface area (Å²) in [6.07, 6.45) is 0.423. The summed E-state index contributed by atoms with van der Waals surface area (Å²) in [7, 11) is 1.30. The molecule has 2 rings (SSSR count). The first kappa shape index (κ1) is 18.2. The molecule has 0 radical (unpaired) electrons. The van der Waals surface area contributed by atoms with E-state index in [1.807, 2.05) is 30.3 Å². The van der Waals surface area contributed by atoms with Crippen molar-refractivity contribution in [3.63, 3.8) is 0 Å². The summed E-state index contributed by atoms with van der Waals surface area (Å²) in [5, 5.41) is 5.40. The van der Waals surface area contributed by atoms with Gasteiger partial charge in [0.2, 0.25) is 11.8 Å². The molecule has 0 fully saturated rings. The second-order valence-corrected chi connectivity index (χ2v) is 5.38. The van der Waals surface area contributed by atoms with Crippen molar-refractivity contribution in [3.05, 3.63) is 65.7 Å². The first-order valence-corrected chi connectivity index (χ1v) is 7.87. The van der Waals surface area contributed by atoms with Gasteiger partial charge in [0.05, 0.1) is 19.1 Å². The molecule has 130 valence electrons. The summed E-state index contributed by atoms with van der Waals surface area (Å²) in [6.45, 7) is 0.244. The number of nitrogens with one attached hydrogen (secondary N) is 2. The van der Waals surface area contributed by atoms with Crippen molar-refractivity contribution < 1.29 is 19.1 Å². The molecule has 2 amide bonds. The van der Waals surface area contributed by atoms with E-state index in [0.717, 1.165) is 5.56 Å². The number of hydrogen-bond donors (Lipinski definition) is 2. The number of benzene rings is 2. The number of hydrogen-bond acceptors (Lipinski definition) is 4. The predicted octanol–water partition coefficient (Wildman–Crippen LogP) is 2.16. The number of ether oxygens (including phenoxy) is 1. The molecule has 0 bridgehead atoms. The first-order chi connectivity index (χ1) is 12.1. The molecule has 6 heteroatoms. The van der Waals surface area contributed by atoms with Gasteiger partial charge in [0, 0.05) is 18.7 Å². The summed E-state index contributed by atoms with van der Waals surface area (Å²) in [5.41, 5.74) is 1.78. The normalized spacial score (nSPS) is 9.96. The summed E-state index contributed by atoms with van der Waals surface area (Å²) in [4.78, 5) is 35.2. The molecule has 6 nitrogen and oxygen atoms in total. The van der Waals surface area contributed by atoms with Gasteiger partial charge in [-0.3, -0.25) is 9.59 Å². The minimum Gasteiger partial charge on any atom is -0.465 e. The quantitative estimate of drug-likeness (QED) is 0.757. The van der Waals surface area contributed by atoms with Gasteiger partial charge in [-0.2, -0.15) is 0 Å². The van der Waals surface area contributed by atoms with Gasteiger partial charge in [-0.05, 0) is 23.8 Å². The monoisotopic (exact) mass is 340 g/mol. The second-order valence-electron chi connectivity index (χ2n) is 5.38. The van der Waals surface area contributed by atoms with Crippen LogP contribution >= 0.6 is 0 Å². The van der Waals surface area contributed by atoms with Crippen molar-refractivity contribution in [3.8, 4) is 0 Å². The van der Waals surface area contributed by atoms with Gasteiger partial charge in [-0.25, -0.2) is 4.79 Å². The smallest absolute Gasteiger partial charge is 0.337 e. The Balaban J connectivity index is 1.75. The van der Waals surface area contributed by atoms with Gasteiger partial charge in [-0.1, -0.05) is 36.4 Å². The van der Waals surface area contributed by atoms with Gasteiger partial charge >= 0.3 is 5.97 Å². The zero-order valence-electron chi connectivity index (χ0n) is 14.0. The van der Waals surface area contributed by atoms with Crippen molar-refractivity contribution in [1.82, 2.24) is 5.32 Å². The number of anilines is 1. The largest absolute Gasteiger partial charge is 0.465 e. The van der Waals surface area contributed by atoms with Crippen molar-refractivity contribution in [1.29, 1.82) is 0 Å². The van der Waals surface area contributed by atoms with Crippen LogP contribution in [0.4, 0.5) is 5.69 Å². The fourth-order valence-electron chi connectivity index (χ4n) is 2.22. The maximum absolute atomic E-state index is 11.9. The Labute approximate surface area is 146 Å². The fraction of sp³-hybridized carbons (Fsp3) is 0.211. The van der Waals surface area contributed by atoms with E-state index >= 15 is 0 Å². The van der Waals surface area contributed by atoms with Crippen LogP contribution < -0.4 is 10.6 Å². The minimum atomic E-state index is -0.468. The lowest BCUT2D eigenvalue weighted by molar-refractivity contribution is -0.120. The highest BCUT2D eigenvalue weighted by Gasteiger charge is 2.08. The predicted molar refractivity (Wildman–Crippen MR) is 94.2 cm³/mol. The van der Waals surface area contributed by atoms with Gasteiger partial charge in [0.1, 0.15) is 0 Å². The third kappa shape index (κ3) is 6.10.